The van der Waals surface area contributed by atoms with Crippen LogP contribution in [0.2, 0.25) is 5.15 Å². The van der Waals surface area contributed by atoms with Crippen LogP contribution in [0.3, 0.4) is 0 Å². The Morgan fingerprint density at radius 1 is 1.23 bits per heavy atom. The third-order valence-corrected chi connectivity index (χ3v) is 3.26. The van der Waals surface area contributed by atoms with E-state index in [1.54, 1.807) is 20.4 Å². The maximum Gasteiger partial charge on any atom is 0.190 e. The first kappa shape index (κ1) is 21.4. The van der Waals surface area contributed by atoms with E-state index in [1.807, 2.05) is 12.1 Å². The highest BCUT2D eigenvalue weighted by atomic mass is 127. The fraction of sp³-hybridized carbons (Fsp3) is 0.600. The minimum Gasteiger partial charge on any atom is -0.385 e. The number of ether oxygens (including phenoxy) is 1. The second-order valence-corrected chi connectivity index (χ2v) is 5.11. The molecule has 126 valence electrons. The lowest BCUT2D eigenvalue weighted by Crippen LogP contribution is -2.38. The molecule has 1 rings (SSSR count). The molecule has 0 saturated carbocycles. The lowest BCUT2D eigenvalue weighted by atomic mass is 10.2. The van der Waals surface area contributed by atoms with Crippen LogP contribution in [0.4, 0.5) is 0 Å². The Hall–Kier alpha value is -0.600. The molecule has 2 N–H and O–H groups in total. The molecular formula is C15H26ClIN4O. The third-order valence-electron chi connectivity index (χ3n) is 3.04. The van der Waals surface area contributed by atoms with Gasteiger partial charge in [0.15, 0.2) is 5.96 Å². The first-order valence-corrected chi connectivity index (χ1v) is 7.68. The van der Waals surface area contributed by atoms with Gasteiger partial charge in [0.05, 0.1) is 0 Å². The molecular weight excluding hydrogens is 415 g/mol. The van der Waals surface area contributed by atoms with Gasteiger partial charge in [-0.2, -0.15) is 0 Å². The highest BCUT2D eigenvalue weighted by Gasteiger charge is 1.98. The summed E-state index contributed by atoms with van der Waals surface area (Å²) >= 11 is 5.76. The fourth-order valence-corrected chi connectivity index (χ4v) is 1.97. The van der Waals surface area contributed by atoms with Crippen molar-refractivity contribution in [2.24, 2.45) is 4.99 Å². The highest BCUT2D eigenvalue weighted by molar-refractivity contribution is 14.0. The number of nitrogens with zero attached hydrogens (tertiary/aromatic N) is 2. The van der Waals surface area contributed by atoms with Crippen molar-refractivity contribution < 1.29 is 4.74 Å². The molecule has 0 amide bonds. The summed E-state index contributed by atoms with van der Waals surface area (Å²) in [6.45, 7) is 2.57. The first-order chi connectivity index (χ1) is 10.3. The molecule has 0 spiro atoms. The van der Waals surface area contributed by atoms with Crippen LogP contribution in [0.5, 0.6) is 0 Å². The standard InChI is InChI=1S/C15H25ClN4O.HI/c1-17-15(18-9-4-3-5-11-21-2)19-10-8-13-6-7-14(16)20-12-13;/h6-7,12H,3-5,8-11H2,1-2H3,(H2,17,18,19);1H. The van der Waals surface area contributed by atoms with Gasteiger partial charge in [-0.1, -0.05) is 17.7 Å². The molecule has 0 atom stereocenters. The second kappa shape index (κ2) is 14.0. The predicted molar refractivity (Wildman–Crippen MR) is 103 cm³/mol. The average Bonchev–Trinajstić information content (AvgIpc) is 2.50. The number of hydrogen-bond acceptors (Lipinski definition) is 3. The van der Waals surface area contributed by atoms with Crippen molar-refractivity contribution in [2.75, 3.05) is 33.9 Å². The first-order valence-electron chi connectivity index (χ1n) is 7.30. The topological polar surface area (TPSA) is 58.5 Å². The summed E-state index contributed by atoms with van der Waals surface area (Å²) in [6, 6.07) is 3.80. The molecule has 1 aromatic heterocycles. The zero-order valence-electron chi connectivity index (χ0n) is 13.3. The van der Waals surface area contributed by atoms with Gasteiger partial charge in [0.25, 0.3) is 0 Å². The maximum atomic E-state index is 5.76. The smallest absolute Gasteiger partial charge is 0.190 e. The normalized spacial score (nSPS) is 11.0. The Bertz CT molecular complexity index is 415. The van der Waals surface area contributed by atoms with Gasteiger partial charge in [-0.15, -0.1) is 24.0 Å². The SMILES string of the molecule is CN=C(NCCCCCOC)NCCc1ccc(Cl)nc1.I. The van der Waals surface area contributed by atoms with Gasteiger partial charge >= 0.3 is 0 Å². The molecule has 5 nitrogen and oxygen atoms in total. The van der Waals surface area contributed by atoms with Crippen molar-refractivity contribution in [3.8, 4) is 0 Å². The third kappa shape index (κ3) is 10.2. The summed E-state index contributed by atoms with van der Waals surface area (Å²) in [5, 5.41) is 7.12. The molecule has 1 heterocycles. The van der Waals surface area contributed by atoms with E-state index in [9.17, 15) is 0 Å². The molecule has 0 aliphatic rings. The fourth-order valence-electron chi connectivity index (χ4n) is 1.86. The van der Waals surface area contributed by atoms with Gasteiger partial charge in [-0.3, -0.25) is 4.99 Å². The number of guanidine groups is 1. The van der Waals surface area contributed by atoms with Crippen LogP contribution >= 0.6 is 35.6 Å². The lowest BCUT2D eigenvalue weighted by Gasteiger charge is -2.11. The van der Waals surface area contributed by atoms with Crippen LogP contribution in [0.15, 0.2) is 23.3 Å². The second-order valence-electron chi connectivity index (χ2n) is 4.72. The van der Waals surface area contributed by atoms with E-state index in [2.05, 4.69) is 20.6 Å². The monoisotopic (exact) mass is 440 g/mol. The van der Waals surface area contributed by atoms with E-state index in [4.69, 9.17) is 16.3 Å². The van der Waals surface area contributed by atoms with Gasteiger partial charge in [-0.05, 0) is 37.3 Å². The Labute approximate surface area is 155 Å². The molecule has 0 aromatic carbocycles. The number of pyridine rings is 1. The molecule has 22 heavy (non-hydrogen) atoms. The van der Waals surface area contributed by atoms with Gasteiger partial charge in [-0.25, -0.2) is 4.98 Å². The molecule has 0 saturated heterocycles. The van der Waals surface area contributed by atoms with Crippen LogP contribution < -0.4 is 10.6 Å². The minimum atomic E-state index is 0. The van der Waals surface area contributed by atoms with Crippen LogP contribution in [0.25, 0.3) is 0 Å². The van der Waals surface area contributed by atoms with Crippen molar-refractivity contribution in [3.63, 3.8) is 0 Å². The molecule has 7 heteroatoms. The van der Waals surface area contributed by atoms with E-state index in [0.717, 1.165) is 56.9 Å². The zero-order valence-corrected chi connectivity index (χ0v) is 16.4. The van der Waals surface area contributed by atoms with Crippen molar-refractivity contribution in [1.29, 1.82) is 0 Å². The summed E-state index contributed by atoms with van der Waals surface area (Å²) in [5.41, 5.74) is 1.15. The minimum absolute atomic E-state index is 0. The Morgan fingerprint density at radius 3 is 2.64 bits per heavy atom. The van der Waals surface area contributed by atoms with Crippen LogP contribution in [-0.2, 0) is 11.2 Å². The largest absolute Gasteiger partial charge is 0.385 e. The van der Waals surface area contributed by atoms with Gasteiger partial charge in [0.1, 0.15) is 5.15 Å². The zero-order chi connectivity index (χ0) is 15.3. The summed E-state index contributed by atoms with van der Waals surface area (Å²) in [7, 11) is 3.52. The summed E-state index contributed by atoms with van der Waals surface area (Å²) < 4.78 is 5.02. The van der Waals surface area contributed by atoms with Crippen molar-refractivity contribution in [1.82, 2.24) is 15.6 Å². The highest BCUT2D eigenvalue weighted by Crippen LogP contribution is 2.05. The lowest BCUT2D eigenvalue weighted by molar-refractivity contribution is 0.192. The Balaban J connectivity index is 0.00000441. The van der Waals surface area contributed by atoms with Crippen LogP contribution in [-0.4, -0.2) is 44.8 Å². The van der Waals surface area contributed by atoms with E-state index >= 15 is 0 Å². The maximum absolute atomic E-state index is 5.76. The number of aliphatic imine (C=N–C) groups is 1. The number of hydrogen-bond donors (Lipinski definition) is 2. The molecule has 0 unspecified atom stereocenters. The molecule has 0 bridgehead atoms. The number of unbranched alkanes of at least 4 members (excludes halogenated alkanes) is 2. The Morgan fingerprint density at radius 2 is 2.00 bits per heavy atom. The number of aromatic nitrogens is 1. The molecule has 0 fully saturated rings. The van der Waals surface area contributed by atoms with E-state index < -0.39 is 0 Å². The van der Waals surface area contributed by atoms with Crippen LogP contribution in [0, 0.1) is 0 Å². The average molecular weight is 441 g/mol. The summed E-state index contributed by atoms with van der Waals surface area (Å²) in [4.78, 5) is 8.26. The van der Waals surface area contributed by atoms with Crippen molar-refractivity contribution in [3.05, 3.63) is 29.0 Å². The molecule has 0 aliphatic heterocycles. The van der Waals surface area contributed by atoms with E-state index in [0.29, 0.717) is 5.15 Å². The summed E-state index contributed by atoms with van der Waals surface area (Å²) in [6.07, 6.45) is 6.07. The number of methoxy groups -OCH3 is 1. The molecule has 0 radical (unpaired) electrons. The van der Waals surface area contributed by atoms with Crippen molar-refractivity contribution in [2.45, 2.75) is 25.7 Å². The Kier molecular flexibility index (Phi) is 13.6. The van der Waals surface area contributed by atoms with E-state index in [1.165, 1.54) is 0 Å². The van der Waals surface area contributed by atoms with Crippen molar-refractivity contribution >= 4 is 41.5 Å². The summed E-state index contributed by atoms with van der Waals surface area (Å²) in [5.74, 6) is 0.837. The predicted octanol–water partition coefficient (Wildman–Crippen LogP) is 2.88. The number of nitrogens with one attached hydrogen (secondary N) is 2. The van der Waals surface area contributed by atoms with Gasteiger partial charge < -0.3 is 15.4 Å². The quantitative estimate of drug-likeness (QED) is 0.204. The molecule has 0 aliphatic carbocycles. The van der Waals surface area contributed by atoms with Gasteiger partial charge in [0.2, 0.25) is 0 Å². The number of halogens is 2. The van der Waals surface area contributed by atoms with Crippen LogP contribution in [0.1, 0.15) is 24.8 Å². The molecule has 1 aromatic rings. The number of rotatable bonds is 9. The van der Waals surface area contributed by atoms with E-state index in [-0.39, 0.29) is 24.0 Å². The van der Waals surface area contributed by atoms with Gasteiger partial charge in [0, 0.05) is 40.1 Å².